The van der Waals surface area contributed by atoms with Crippen molar-refractivity contribution in [2.45, 2.75) is 13.2 Å². The number of benzene rings is 2. The van der Waals surface area contributed by atoms with Crippen LogP contribution in [-0.4, -0.2) is 25.1 Å². The Hall–Kier alpha value is -3.36. The third-order valence-electron chi connectivity index (χ3n) is 4.79. The number of hydrogen-bond donors (Lipinski definition) is 0. The maximum Gasteiger partial charge on any atom is 0.258 e. The summed E-state index contributed by atoms with van der Waals surface area (Å²) < 4.78 is 16.6. The zero-order valence-corrected chi connectivity index (χ0v) is 19.3. The van der Waals surface area contributed by atoms with Crippen molar-refractivity contribution in [1.82, 2.24) is 4.98 Å². The summed E-state index contributed by atoms with van der Waals surface area (Å²) in [6.07, 6.45) is 0. The van der Waals surface area contributed by atoms with Gasteiger partial charge in [0.2, 0.25) is 0 Å². The van der Waals surface area contributed by atoms with E-state index in [0.717, 1.165) is 22.0 Å². The van der Waals surface area contributed by atoms with E-state index in [2.05, 4.69) is 4.98 Å². The quantitative estimate of drug-likeness (QED) is 0.319. The lowest BCUT2D eigenvalue weighted by Gasteiger charge is -2.23. The summed E-state index contributed by atoms with van der Waals surface area (Å²) in [4.78, 5) is 20.6. The highest BCUT2D eigenvalue weighted by atomic mass is 32.1. The predicted molar refractivity (Wildman–Crippen MR) is 127 cm³/mol. The van der Waals surface area contributed by atoms with E-state index < -0.39 is 0 Å². The smallest absolute Gasteiger partial charge is 0.258 e. The fourth-order valence-corrected chi connectivity index (χ4v) is 4.37. The Labute approximate surface area is 194 Å². The number of hydrogen-bond acceptors (Lipinski definition) is 7. The first-order valence-electron chi connectivity index (χ1n) is 9.84. The second kappa shape index (κ2) is 10.3. The first kappa shape index (κ1) is 21.9. The first-order valence-corrected chi connectivity index (χ1v) is 11.7. The van der Waals surface area contributed by atoms with E-state index >= 15 is 0 Å². The number of anilines is 1. The molecular formula is C24H22N2O4S2. The van der Waals surface area contributed by atoms with E-state index in [1.165, 1.54) is 11.3 Å². The molecule has 2 aromatic heterocycles. The van der Waals surface area contributed by atoms with Gasteiger partial charge in [0.1, 0.15) is 12.4 Å². The Morgan fingerprint density at radius 3 is 2.53 bits per heavy atom. The van der Waals surface area contributed by atoms with Gasteiger partial charge < -0.3 is 19.1 Å². The molecule has 0 bridgehead atoms. The number of nitrogens with zero attached hydrogens (tertiary/aromatic N) is 2. The van der Waals surface area contributed by atoms with Gasteiger partial charge in [-0.1, -0.05) is 6.07 Å². The molecule has 2 heterocycles. The van der Waals surface area contributed by atoms with Crippen molar-refractivity contribution in [3.63, 3.8) is 0 Å². The molecule has 0 atom stereocenters. The van der Waals surface area contributed by atoms with Gasteiger partial charge in [-0.25, -0.2) is 4.98 Å². The van der Waals surface area contributed by atoms with Crippen LogP contribution >= 0.6 is 22.7 Å². The summed E-state index contributed by atoms with van der Waals surface area (Å²) in [5.74, 6) is 1.66. The van der Waals surface area contributed by atoms with Crippen LogP contribution in [0.2, 0.25) is 0 Å². The largest absolute Gasteiger partial charge is 0.497 e. The van der Waals surface area contributed by atoms with Crippen LogP contribution in [0.1, 0.15) is 20.9 Å². The molecule has 4 rings (SSSR count). The van der Waals surface area contributed by atoms with E-state index in [-0.39, 0.29) is 5.91 Å². The monoisotopic (exact) mass is 466 g/mol. The summed E-state index contributed by atoms with van der Waals surface area (Å²) in [5.41, 5.74) is 3.90. The number of amides is 1. The molecule has 0 aliphatic rings. The summed E-state index contributed by atoms with van der Waals surface area (Å²) in [5, 5.41) is 3.94. The molecule has 0 saturated carbocycles. The van der Waals surface area contributed by atoms with Crippen molar-refractivity contribution in [3.05, 3.63) is 87.0 Å². The lowest BCUT2D eigenvalue weighted by atomic mass is 10.1. The summed E-state index contributed by atoms with van der Waals surface area (Å²) in [7, 11) is 3.18. The van der Waals surface area contributed by atoms with Crippen molar-refractivity contribution < 1.29 is 19.0 Å². The van der Waals surface area contributed by atoms with Crippen molar-refractivity contribution in [2.75, 3.05) is 19.1 Å². The van der Waals surface area contributed by atoms with Gasteiger partial charge in [0.25, 0.3) is 5.91 Å². The lowest BCUT2D eigenvalue weighted by molar-refractivity contribution is 0.0985. The first-order chi connectivity index (χ1) is 15.7. The minimum Gasteiger partial charge on any atom is -0.497 e. The number of methoxy groups -OCH3 is 2. The molecule has 4 aromatic rings. The summed E-state index contributed by atoms with van der Waals surface area (Å²) in [6.45, 7) is 0.802. The standard InChI is InChI=1S/C24H22N2O4S2/c1-28-20-8-6-19(7-9-20)26(13-21-4-3-11-32-21)24(27)17-5-10-22(23(12-17)29-2)30-14-18-15-31-16-25-18/h3-12,15-16H,13-14H2,1-2H3. The van der Waals surface area contributed by atoms with Gasteiger partial charge in [-0.05, 0) is 53.9 Å². The molecule has 0 unspecified atom stereocenters. The van der Waals surface area contributed by atoms with Crippen LogP contribution < -0.4 is 19.1 Å². The maximum absolute atomic E-state index is 13.5. The van der Waals surface area contributed by atoms with Gasteiger partial charge in [-0.3, -0.25) is 4.79 Å². The van der Waals surface area contributed by atoms with Crippen molar-refractivity contribution >= 4 is 34.3 Å². The van der Waals surface area contributed by atoms with E-state index in [4.69, 9.17) is 14.2 Å². The van der Waals surface area contributed by atoms with Gasteiger partial charge in [0, 0.05) is 21.5 Å². The lowest BCUT2D eigenvalue weighted by Crippen LogP contribution is -2.30. The van der Waals surface area contributed by atoms with E-state index in [9.17, 15) is 4.79 Å². The van der Waals surface area contributed by atoms with Crippen LogP contribution in [0.15, 0.2) is 70.9 Å². The van der Waals surface area contributed by atoms with Crippen LogP contribution in [0, 0.1) is 0 Å². The zero-order chi connectivity index (χ0) is 22.3. The summed E-state index contributed by atoms with van der Waals surface area (Å²) in [6, 6.07) is 16.7. The molecule has 0 aliphatic carbocycles. The Bertz CT molecular complexity index is 1140. The third-order valence-corrected chi connectivity index (χ3v) is 6.29. The molecule has 2 aromatic carbocycles. The average molecular weight is 467 g/mol. The molecule has 6 nitrogen and oxygen atoms in total. The van der Waals surface area contributed by atoms with Crippen LogP contribution in [-0.2, 0) is 13.2 Å². The Kier molecular flexibility index (Phi) is 7.03. The molecule has 32 heavy (non-hydrogen) atoms. The van der Waals surface area contributed by atoms with Crippen LogP contribution in [0.5, 0.6) is 17.2 Å². The molecule has 1 amide bonds. The van der Waals surface area contributed by atoms with Gasteiger partial charge >= 0.3 is 0 Å². The van der Waals surface area contributed by atoms with Gasteiger partial charge in [-0.15, -0.1) is 22.7 Å². The zero-order valence-electron chi connectivity index (χ0n) is 17.7. The van der Waals surface area contributed by atoms with E-state index in [0.29, 0.717) is 30.2 Å². The average Bonchev–Trinajstić information content (AvgIpc) is 3.55. The predicted octanol–water partition coefficient (Wildman–Crippen LogP) is 5.65. The highest BCUT2D eigenvalue weighted by Crippen LogP contribution is 2.31. The normalized spacial score (nSPS) is 10.6. The van der Waals surface area contributed by atoms with Crippen LogP contribution in [0.3, 0.4) is 0 Å². The molecule has 0 fully saturated rings. The second-order valence-electron chi connectivity index (χ2n) is 6.80. The van der Waals surface area contributed by atoms with Crippen LogP contribution in [0.25, 0.3) is 0 Å². The second-order valence-corrected chi connectivity index (χ2v) is 8.55. The molecule has 8 heteroatoms. The number of thiazole rings is 1. The SMILES string of the molecule is COc1ccc(N(Cc2cccs2)C(=O)c2ccc(OCc3cscn3)c(OC)c2)cc1. The molecular weight excluding hydrogens is 444 g/mol. The molecule has 164 valence electrons. The number of aromatic nitrogens is 1. The summed E-state index contributed by atoms with van der Waals surface area (Å²) >= 11 is 3.13. The molecule has 0 aliphatic heterocycles. The highest BCUT2D eigenvalue weighted by Gasteiger charge is 2.21. The molecule has 0 spiro atoms. The Balaban J connectivity index is 1.60. The topological polar surface area (TPSA) is 60.9 Å². The van der Waals surface area contributed by atoms with Gasteiger partial charge in [0.05, 0.1) is 32.0 Å². The Morgan fingerprint density at radius 2 is 1.88 bits per heavy atom. The van der Waals surface area contributed by atoms with E-state index in [1.54, 1.807) is 54.2 Å². The number of carbonyl (C=O) groups excluding carboxylic acids is 1. The van der Waals surface area contributed by atoms with Crippen molar-refractivity contribution in [1.29, 1.82) is 0 Å². The fourth-order valence-electron chi connectivity index (χ4n) is 3.14. The van der Waals surface area contributed by atoms with Crippen molar-refractivity contribution in [2.24, 2.45) is 0 Å². The Morgan fingerprint density at radius 1 is 1.03 bits per heavy atom. The fraction of sp³-hybridized carbons (Fsp3) is 0.167. The van der Waals surface area contributed by atoms with Crippen LogP contribution in [0.4, 0.5) is 5.69 Å². The van der Waals surface area contributed by atoms with Gasteiger partial charge in [-0.2, -0.15) is 0 Å². The number of ether oxygens (including phenoxy) is 3. The highest BCUT2D eigenvalue weighted by molar-refractivity contribution is 7.09. The molecule has 0 saturated heterocycles. The number of rotatable bonds is 9. The van der Waals surface area contributed by atoms with E-state index in [1.807, 2.05) is 47.2 Å². The third kappa shape index (κ3) is 5.09. The minimum absolute atomic E-state index is 0.132. The van der Waals surface area contributed by atoms with Crippen molar-refractivity contribution in [3.8, 4) is 17.2 Å². The molecule has 0 radical (unpaired) electrons. The molecule has 0 N–H and O–H groups in total. The number of thiophene rings is 1. The maximum atomic E-state index is 13.5. The number of carbonyl (C=O) groups is 1. The van der Waals surface area contributed by atoms with Gasteiger partial charge in [0.15, 0.2) is 11.5 Å². The minimum atomic E-state index is -0.132.